The van der Waals surface area contributed by atoms with Gasteiger partial charge in [-0.1, -0.05) is 42.8 Å². The second-order valence-corrected chi connectivity index (χ2v) is 6.20. The van der Waals surface area contributed by atoms with Crippen LogP contribution in [-0.4, -0.2) is 24.4 Å². The van der Waals surface area contributed by atoms with E-state index in [1.807, 2.05) is 56.3 Å². The molecule has 0 bridgehead atoms. The van der Waals surface area contributed by atoms with E-state index in [9.17, 15) is 5.11 Å². The predicted molar refractivity (Wildman–Crippen MR) is 101 cm³/mol. The van der Waals surface area contributed by atoms with Gasteiger partial charge < -0.3 is 19.9 Å². The van der Waals surface area contributed by atoms with Gasteiger partial charge in [0.25, 0.3) is 0 Å². The van der Waals surface area contributed by atoms with Gasteiger partial charge in [-0.3, -0.25) is 0 Å². The molecule has 0 saturated heterocycles. The second-order valence-electron chi connectivity index (χ2n) is 5.76. The Kier molecular flexibility index (Phi) is 8.06. The first-order chi connectivity index (χ1) is 12.2. The topological polar surface area (TPSA) is 50.7 Å². The van der Waals surface area contributed by atoms with Crippen LogP contribution in [0.3, 0.4) is 0 Å². The van der Waals surface area contributed by atoms with Crippen molar-refractivity contribution in [3.8, 4) is 11.5 Å². The first-order valence-electron chi connectivity index (χ1n) is 8.64. The third kappa shape index (κ3) is 5.92. The average Bonchev–Trinajstić information content (AvgIpc) is 2.63. The zero-order valence-electron chi connectivity index (χ0n) is 14.8. The molecule has 2 aromatic carbocycles. The van der Waals surface area contributed by atoms with Crippen LogP contribution in [0.25, 0.3) is 0 Å². The molecule has 4 nitrogen and oxygen atoms in total. The van der Waals surface area contributed by atoms with E-state index >= 15 is 0 Å². The molecule has 0 aliphatic heterocycles. The molecule has 136 valence electrons. The monoisotopic (exact) mass is 363 g/mol. The summed E-state index contributed by atoms with van der Waals surface area (Å²) in [4.78, 5) is 0. The summed E-state index contributed by atoms with van der Waals surface area (Å²) in [5, 5.41) is 13.4. The fourth-order valence-electron chi connectivity index (χ4n) is 2.46. The van der Waals surface area contributed by atoms with E-state index in [4.69, 9.17) is 21.1 Å². The maximum Gasteiger partial charge on any atom is 0.166 e. The van der Waals surface area contributed by atoms with Gasteiger partial charge >= 0.3 is 0 Å². The number of nitrogens with one attached hydrogen (secondary N) is 1. The van der Waals surface area contributed by atoms with Gasteiger partial charge in [-0.25, -0.2) is 0 Å². The Morgan fingerprint density at radius 2 is 1.84 bits per heavy atom. The maximum atomic E-state index is 9.36. The molecule has 1 atom stereocenters. The van der Waals surface area contributed by atoms with E-state index in [0.717, 1.165) is 29.0 Å². The Morgan fingerprint density at radius 3 is 2.48 bits per heavy atom. The van der Waals surface area contributed by atoms with E-state index in [-0.39, 0.29) is 12.6 Å². The molecule has 25 heavy (non-hydrogen) atoms. The lowest BCUT2D eigenvalue weighted by Crippen LogP contribution is -2.31. The van der Waals surface area contributed by atoms with Crippen molar-refractivity contribution in [3.63, 3.8) is 0 Å². The van der Waals surface area contributed by atoms with Crippen molar-refractivity contribution in [3.05, 3.63) is 58.6 Å². The molecule has 2 aromatic rings. The van der Waals surface area contributed by atoms with Gasteiger partial charge in [-0.2, -0.15) is 0 Å². The lowest BCUT2D eigenvalue weighted by molar-refractivity contribution is 0.236. The van der Waals surface area contributed by atoms with Crippen molar-refractivity contribution >= 4 is 11.6 Å². The highest BCUT2D eigenvalue weighted by molar-refractivity contribution is 6.30. The lowest BCUT2D eigenvalue weighted by atomic mass is 10.1. The van der Waals surface area contributed by atoms with Crippen LogP contribution in [0.5, 0.6) is 11.5 Å². The minimum Gasteiger partial charge on any atom is -0.490 e. The summed E-state index contributed by atoms with van der Waals surface area (Å²) in [6.45, 7) is 5.72. The molecule has 2 rings (SSSR count). The third-order valence-corrected chi connectivity index (χ3v) is 4.20. The smallest absolute Gasteiger partial charge is 0.166 e. The molecule has 0 aliphatic rings. The third-order valence-electron chi connectivity index (χ3n) is 3.95. The van der Waals surface area contributed by atoms with Gasteiger partial charge in [0, 0.05) is 23.2 Å². The van der Waals surface area contributed by atoms with Gasteiger partial charge in [0.2, 0.25) is 0 Å². The zero-order valence-corrected chi connectivity index (χ0v) is 15.6. The molecule has 0 saturated carbocycles. The number of para-hydroxylation sites is 1. The SMILES string of the molecule is CCOc1cccc(CN[C@H](CC)CO)c1OCc1ccc(Cl)cc1. The van der Waals surface area contributed by atoms with Crippen LogP contribution in [0.15, 0.2) is 42.5 Å². The quantitative estimate of drug-likeness (QED) is 0.665. The number of rotatable bonds is 10. The zero-order chi connectivity index (χ0) is 18.1. The molecular formula is C20H26ClNO3. The van der Waals surface area contributed by atoms with Crippen molar-refractivity contribution in [2.45, 2.75) is 39.5 Å². The van der Waals surface area contributed by atoms with Crippen LogP contribution < -0.4 is 14.8 Å². The summed E-state index contributed by atoms with van der Waals surface area (Å²) < 4.78 is 11.8. The van der Waals surface area contributed by atoms with Crippen LogP contribution in [0, 0.1) is 0 Å². The van der Waals surface area contributed by atoms with Crippen molar-refractivity contribution in [2.75, 3.05) is 13.2 Å². The summed E-state index contributed by atoms with van der Waals surface area (Å²) in [5.74, 6) is 1.47. The highest BCUT2D eigenvalue weighted by Crippen LogP contribution is 2.32. The van der Waals surface area contributed by atoms with E-state index < -0.39 is 0 Å². The minimum absolute atomic E-state index is 0.0693. The highest BCUT2D eigenvalue weighted by atomic mass is 35.5. The normalized spacial score (nSPS) is 12.0. The number of ether oxygens (including phenoxy) is 2. The van der Waals surface area contributed by atoms with Crippen LogP contribution >= 0.6 is 11.6 Å². The average molecular weight is 364 g/mol. The number of benzene rings is 2. The molecule has 0 unspecified atom stereocenters. The van der Waals surface area contributed by atoms with E-state index in [1.165, 1.54) is 0 Å². The van der Waals surface area contributed by atoms with Crippen LogP contribution in [0.1, 0.15) is 31.4 Å². The molecule has 0 heterocycles. The predicted octanol–water partition coefficient (Wildman–Crippen LogP) is 4.18. The lowest BCUT2D eigenvalue weighted by Gasteiger charge is -2.19. The summed E-state index contributed by atoms with van der Waals surface area (Å²) >= 11 is 5.93. The van der Waals surface area contributed by atoms with Crippen LogP contribution in [-0.2, 0) is 13.2 Å². The molecule has 2 N–H and O–H groups in total. The summed E-state index contributed by atoms with van der Waals surface area (Å²) in [5.41, 5.74) is 2.04. The number of hydrogen-bond acceptors (Lipinski definition) is 4. The highest BCUT2D eigenvalue weighted by Gasteiger charge is 2.13. The Labute approximate surface area is 154 Å². The first kappa shape index (κ1) is 19.6. The van der Waals surface area contributed by atoms with Crippen molar-refractivity contribution in [1.82, 2.24) is 5.32 Å². The molecule has 0 aromatic heterocycles. The number of aliphatic hydroxyl groups is 1. The Hall–Kier alpha value is -1.75. The molecule has 0 fully saturated rings. The summed E-state index contributed by atoms with van der Waals surface area (Å²) in [6.07, 6.45) is 0.864. The van der Waals surface area contributed by atoms with Crippen LogP contribution in [0.4, 0.5) is 0 Å². The van der Waals surface area contributed by atoms with E-state index in [0.29, 0.717) is 24.8 Å². The van der Waals surface area contributed by atoms with Gasteiger partial charge in [-0.05, 0) is 37.1 Å². The molecule has 0 aliphatic carbocycles. The Morgan fingerprint density at radius 1 is 1.08 bits per heavy atom. The van der Waals surface area contributed by atoms with Gasteiger partial charge in [0.1, 0.15) is 6.61 Å². The van der Waals surface area contributed by atoms with Crippen molar-refractivity contribution in [1.29, 1.82) is 0 Å². The van der Waals surface area contributed by atoms with Gasteiger partial charge in [0.05, 0.1) is 13.2 Å². The largest absolute Gasteiger partial charge is 0.490 e. The fourth-order valence-corrected chi connectivity index (χ4v) is 2.59. The molecule has 5 heteroatoms. The van der Waals surface area contributed by atoms with Gasteiger partial charge in [0.15, 0.2) is 11.5 Å². The summed E-state index contributed by atoms with van der Waals surface area (Å²) in [7, 11) is 0. The van der Waals surface area contributed by atoms with Crippen LogP contribution in [0.2, 0.25) is 5.02 Å². The molecule has 0 amide bonds. The van der Waals surface area contributed by atoms with E-state index in [2.05, 4.69) is 5.32 Å². The molecule has 0 radical (unpaired) electrons. The Bertz CT molecular complexity index is 642. The molecule has 0 spiro atoms. The number of hydrogen-bond donors (Lipinski definition) is 2. The number of halogens is 1. The number of aliphatic hydroxyl groups excluding tert-OH is 1. The van der Waals surface area contributed by atoms with Gasteiger partial charge in [-0.15, -0.1) is 0 Å². The van der Waals surface area contributed by atoms with Crippen molar-refractivity contribution < 1.29 is 14.6 Å². The standard InChI is InChI=1S/C20H26ClNO3/c1-3-18(13-23)22-12-16-6-5-7-19(24-4-2)20(16)25-14-15-8-10-17(21)11-9-15/h5-11,18,22-23H,3-4,12-14H2,1-2H3/t18-/m1/s1. The second kappa shape index (κ2) is 10.3. The molecular weight excluding hydrogens is 338 g/mol. The van der Waals surface area contributed by atoms with E-state index in [1.54, 1.807) is 0 Å². The fraction of sp³-hybridized carbons (Fsp3) is 0.400. The van der Waals surface area contributed by atoms with Crippen molar-refractivity contribution in [2.24, 2.45) is 0 Å². The first-order valence-corrected chi connectivity index (χ1v) is 9.01. The minimum atomic E-state index is 0.0693. The Balaban J connectivity index is 2.15. The maximum absolute atomic E-state index is 9.36. The summed E-state index contributed by atoms with van der Waals surface area (Å²) in [6, 6.07) is 13.5.